The third-order valence-electron chi connectivity index (χ3n) is 4.84. The van der Waals surface area contributed by atoms with Gasteiger partial charge in [-0.25, -0.2) is 9.48 Å². The number of methoxy groups -OCH3 is 1. The normalized spacial score (nSPS) is 18.1. The van der Waals surface area contributed by atoms with Crippen molar-refractivity contribution in [3.8, 4) is 11.4 Å². The van der Waals surface area contributed by atoms with Gasteiger partial charge in [0.25, 0.3) is 0 Å². The van der Waals surface area contributed by atoms with Crippen LogP contribution in [0.25, 0.3) is 5.69 Å². The number of rotatable bonds is 5. The fourth-order valence-electron chi connectivity index (χ4n) is 3.56. The van der Waals surface area contributed by atoms with E-state index in [4.69, 9.17) is 4.74 Å². The Labute approximate surface area is 154 Å². The van der Waals surface area contributed by atoms with Crippen molar-refractivity contribution in [1.82, 2.24) is 20.4 Å². The van der Waals surface area contributed by atoms with Gasteiger partial charge in [-0.1, -0.05) is 20.8 Å². The largest absolute Gasteiger partial charge is 0.497 e. The van der Waals surface area contributed by atoms with Gasteiger partial charge in [0, 0.05) is 12.1 Å². The fraction of sp³-hybridized carbons (Fsp3) is 0.500. The summed E-state index contributed by atoms with van der Waals surface area (Å²) >= 11 is 0. The average molecular weight is 356 g/mol. The first-order valence-electron chi connectivity index (χ1n) is 9.19. The zero-order valence-corrected chi connectivity index (χ0v) is 16.0. The van der Waals surface area contributed by atoms with Gasteiger partial charge in [0.15, 0.2) is 0 Å². The van der Waals surface area contributed by atoms with Crippen molar-refractivity contribution in [2.45, 2.75) is 46.1 Å². The first-order valence-corrected chi connectivity index (χ1v) is 9.19. The molecule has 26 heavy (non-hydrogen) atoms. The molecule has 1 aliphatic carbocycles. The molecule has 0 fully saturated rings. The molecule has 0 spiro atoms. The molecule has 140 valence electrons. The Morgan fingerprint density at radius 2 is 2.08 bits per heavy atom. The van der Waals surface area contributed by atoms with E-state index >= 15 is 0 Å². The number of benzene rings is 1. The van der Waals surface area contributed by atoms with Crippen LogP contribution in [0.15, 0.2) is 30.5 Å². The van der Waals surface area contributed by atoms with Crippen molar-refractivity contribution in [2.24, 2.45) is 5.41 Å². The van der Waals surface area contributed by atoms with E-state index in [0.29, 0.717) is 6.54 Å². The van der Waals surface area contributed by atoms with E-state index in [0.717, 1.165) is 42.0 Å². The van der Waals surface area contributed by atoms with Crippen molar-refractivity contribution in [3.63, 3.8) is 0 Å². The van der Waals surface area contributed by atoms with Gasteiger partial charge in [-0.3, -0.25) is 0 Å². The van der Waals surface area contributed by atoms with Crippen LogP contribution in [0, 0.1) is 5.41 Å². The zero-order valence-electron chi connectivity index (χ0n) is 16.0. The molecule has 0 bridgehead atoms. The molecule has 6 heteroatoms. The lowest BCUT2D eigenvalue weighted by Crippen LogP contribution is -2.42. The number of hydrogen-bond donors (Lipinski definition) is 2. The minimum atomic E-state index is -0.113. The molecule has 0 saturated carbocycles. The molecule has 2 N–H and O–H groups in total. The van der Waals surface area contributed by atoms with Gasteiger partial charge in [0.05, 0.1) is 30.7 Å². The molecule has 0 aliphatic heterocycles. The minimum Gasteiger partial charge on any atom is -0.497 e. The van der Waals surface area contributed by atoms with Crippen LogP contribution in [-0.4, -0.2) is 29.5 Å². The van der Waals surface area contributed by atoms with Crippen LogP contribution in [-0.2, 0) is 6.42 Å². The molecule has 0 radical (unpaired) electrons. The summed E-state index contributed by atoms with van der Waals surface area (Å²) in [5, 5.41) is 10.6. The fourth-order valence-corrected chi connectivity index (χ4v) is 3.56. The predicted octanol–water partition coefficient (Wildman–Crippen LogP) is 3.60. The van der Waals surface area contributed by atoms with Gasteiger partial charge in [-0.05, 0) is 48.9 Å². The second kappa shape index (κ2) is 7.40. The third kappa shape index (κ3) is 3.84. The minimum absolute atomic E-state index is 0.0300. The second-order valence-corrected chi connectivity index (χ2v) is 7.65. The summed E-state index contributed by atoms with van der Waals surface area (Å²) < 4.78 is 7.22. The van der Waals surface area contributed by atoms with Gasteiger partial charge < -0.3 is 15.4 Å². The van der Waals surface area contributed by atoms with E-state index in [2.05, 4.69) is 29.6 Å². The summed E-state index contributed by atoms with van der Waals surface area (Å²) in [5.41, 5.74) is 3.35. The molecule has 2 amide bonds. The summed E-state index contributed by atoms with van der Waals surface area (Å²) in [6.07, 6.45) is 4.63. The van der Waals surface area contributed by atoms with E-state index in [1.165, 1.54) is 0 Å². The Morgan fingerprint density at radius 1 is 1.35 bits per heavy atom. The van der Waals surface area contributed by atoms with Crippen molar-refractivity contribution >= 4 is 6.03 Å². The monoisotopic (exact) mass is 356 g/mol. The lowest BCUT2D eigenvalue weighted by atomic mass is 9.74. The maximum absolute atomic E-state index is 12.2. The summed E-state index contributed by atoms with van der Waals surface area (Å²) in [4.78, 5) is 12.2. The van der Waals surface area contributed by atoms with Crippen LogP contribution < -0.4 is 15.4 Å². The molecule has 0 unspecified atom stereocenters. The number of hydrogen-bond acceptors (Lipinski definition) is 3. The van der Waals surface area contributed by atoms with Crippen molar-refractivity contribution in [2.75, 3.05) is 13.7 Å². The van der Waals surface area contributed by atoms with Crippen LogP contribution >= 0.6 is 0 Å². The molecule has 1 aromatic carbocycles. The highest BCUT2D eigenvalue weighted by Crippen LogP contribution is 2.41. The Hall–Kier alpha value is -2.50. The molecule has 1 atom stereocenters. The number of amides is 2. The lowest BCUT2D eigenvalue weighted by Gasteiger charge is -2.36. The molecule has 0 saturated heterocycles. The van der Waals surface area contributed by atoms with E-state index in [1.807, 2.05) is 42.1 Å². The Balaban J connectivity index is 1.89. The van der Waals surface area contributed by atoms with Gasteiger partial charge in [0.2, 0.25) is 0 Å². The first-order chi connectivity index (χ1) is 12.4. The van der Waals surface area contributed by atoms with Crippen LogP contribution in [0.5, 0.6) is 5.75 Å². The maximum Gasteiger partial charge on any atom is 0.315 e. The van der Waals surface area contributed by atoms with Gasteiger partial charge in [-0.15, -0.1) is 0 Å². The average Bonchev–Trinajstić information content (AvgIpc) is 3.02. The molecular formula is C20H28N4O2. The molecule has 1 aliphatic rings. The van der Waals surface area contributed by atoms with Crippen molar-refractivity contribution in [1.29, 1.82) is 0 Å². The summed E-state index contributed by atoms with van der Waals surface area (Å²) in [7, 11) is 1.66. The summed E-state index contributed by atoms with van der Waals surface area (Å²) in [6, 6.07) is 7.74. The number of carbonyl (C=O) groups is 1. The van der Waals surface area contributed by atoms with Crippen LogP contribution in [0.2, 0.25) is 0 Å². The smallest absolute Gasteiger partial charge is 0.315 e. The van der Waals surface area contributed by atoms with Gasteiger partial charge in [0.1, 0.15) is 5.75 Å². The summed E-state index contributed by atoms with van der Waals surface area (Å²) in [6.45, 7) is 7.20. The zero-order chi connectivity index (χ0) is 18.7. The van der Waals surface area contributed by atoms with E-state index in [-0.39, 0.29) is 17.5 Å². The lowest BCUT2D eigenvalue weighted by molar-refractivity contribution is 0.221. The molecule has 1 heterocycles. The van der Waals surface area contributed by atoms with Crippen LogP contribution in [0.1, 0.15) is 50.9 Å². The molecule has 2 aromatic rings. The van der Waals surface area contributed by atoms with Gasteiger partial charge >= 0.3 is 6.03 Å². The van der Waals surface area contributed by atoms with E-state index < -0.39 is 0 Å². The predicted molar refractivity (Wildman–Crippen MR) is 102 cm³/mol. The number of ether oxygens (including phenoxy) is 1. The molecule has 1 aromatic heterocycles. The van der Waals surface area contributed by atoms with E-state index in [9.17, 15) is 4.79 Å². The Kier molecular flexibility index (Phi) is 5.20. The van der Waals surface area contributed by atoms with E-state index in [1.54, 1.807) is 7.11 Å². The van der Waals surface area contributed by atoms with Crippen LogP contribution in [0.4, 0.5) is 4.79 Å². The topological polar surface area (TPSA) is 68.2 Å². The second-order valence-electron chi connectivity index (χ2n) is 7.65. The Morgan fingerprint density at radius 3 is 2.73 bits per heavy atom. The third-order valence-corrected chi connectivity index (χ3v) is 4.84. The molecule has 3 rings (SSSR count). The highest BCUT2D eigenvalue weighted by Gasteiger charge is 2.36. The van der Waals surface area contributed by atoms with Crippen LogP contribution in [0.3, 0.4) is 0 Å². The molecule has 6 nitrogen and oxygen atoms in total. The SMILES string of the molecule is CCCNC(=O)N[C@@H]1CC(C)(C)Cc2c1cnn2-c1ccc(OC)cc1. The number of carbonyl (C=O) groups excluding carboxylic acids is 1. The highest BCUT2D eigenvalue weighted by atomic mass is 16.5. The maximum atomic E-state index is 12.2. The molecular weight excluding hydrogens is 328 g/mol. The number of nitrogens with zero attached hydrogens (tertiary/aromatic N) is 2. The van der Waals surface area contributed by atoms with Crippen molar-refractivity contribution < 1.29 is 9.53 Å². The van der Waals surface area contributed by atoms with Gasteiger partial charge in [-0.2, -0.15) is 5.10 Å². The number of fused-ring (bicyclic) bond motifs is 1. The summed E-state index contributed by atoms with van der Waals surface area (Å²) in [5.74, 6) is 0.822. The number of nitrogens with one attached hydrogen (secondary N) is 2. The number of aromatic nitrogens is 2. The highest BCUT2D eigenvalue weighted by molar-refractivity contribution is 5.74. The van der Waals surface area contributed by atoms with Crippen molar-refractivity contribution in [3.05, 3.63) is 41.7 Å². The Bertz CT molecular complexity index is 765. The number of urea groups is 1. The standard InChI is InChI=1S/C20H28N4O2/c1-5-10-21-19(25)23-17-11-20(2,3)12-18-16(17)13-22-24(18)14-6-8-15(26-4)9-7-14/h6-9,13,17H,5,10-12H2,1-4H3,(H2,21,23,25)/t17-/m1/s1. The first kappa shape index (κ1) is 18.3. The quantitative estimate of drug-likeness (QED) is 0.860.